The summed E-state index contributed by atoms with van der Waals surface area (Å²) in [4.78, 5) is 3.94. The number of nitrogens with two attached hydrogens (primary N) is 1. The number of hydrogen-bond donors (Lipinski definition) is 1. The Morgan fingerprint density at radius 1 is 1.50 bits per heavy atom. The Morgan fingerprint density at radius 2 is 2.14 bits per heavy atom. The third-order valence-electron chi connectivity index (χ3n) is 1.60. The molecule has 0 atom stereocenters. The van der Waals surface area contributed by atoms with Crippen molar-refractivity contribution >= 4 is 40.1 Å². The van der Waals surface area contributed by atoms with Crippen molar-refractivity contribution in [2.24, 2.45) is 10.7 Å². The lowest BCUT2D eigenvalue weighted by Gasteiger charge is -2.01. The quantitative estimate of drug-likeness (QED) is 0.675. The molecule has 0 unspecified atom stereocenters. The lowest BCUT2D eigenvalue weighted by atomic mass is 10.2. The van der Waals surface area contributed by atoms with E-state index >= 15 is 0 Å². The molecule has 2 nitrogen and oxygen atoms in total. The molecule has 0 heterocycles. The van der Waals surface area contributed by atoms with E-state index in [-0.39, 0.29) is 0 Å². The molecule has 1 aromatic carbocycles. The first kappa shape index (κ1) is 11.5. The highest BCUT2D eigenvalue weighted by Gasteiger charge is 1.97. The molecule has 2 N–H and O–H groups in total. The summed E-state index contributed by atoms with van der Waals surface area (Å²) >= 11 is 4.89. The fraction of sp³-hybridized carbons (Fsp3) is 0.100. The highest BCUT2D eigenvalue weighted by atomic mass is 79.9. The zero-order valence-corrected chi connectivity index (χ0v) is 10.0. The highest BCUT2D eigenvalue weighted by molar-refractivity contribution is 9.10. The lowest BCUT2D eigenvalue weighted by molar-refractivity contribution is 1.41. The minimum atomic E-state index is 0.551. The predicted molar refractivity (Wildman–Crippen MR) is 68.3 cm³/mol. The van der Waals surface area contributed by atoms with Crippen LogP contribution in [0.3, 0.4) is 0 Å². The average Bonchev–Trinajstić information content (AvgIpc) is 2.21. The lowest BCUT2D eigenvalue weighted by Crippen LogP contribution is -1.89. The van der Waals surface area contributed by atoms with E-state index < -0.39 is 0 Å². The molecule has 1 aromatic rings. The third-order valence-corrected chi connectivity index (χ3v) is 2.71. The first-order valence-corrected chi connectivity index (χ1v) is 5.86. The van der Waals surface area contributed by atoms with Crippen molar-refractivity contribution in [2.45, 2.75) is 0 Å². The zero-order chi connectivity index (χ0) is 10.4. The van der Waals surface area contributed by atoms with Crippen molar-refractivity contribution in [3.8, 4) is 0 Å². The van der Waals surface area contributed by atoms with Gasteiger partial charge < -0.3 is 5.73 Å². The molecule has 4 heteroatoms. The summed E-state index contributed by atoms with van der Waals surface area (Å²) < 4.78 is 1.05. The van der Waals surface area contributed by atoms with Crippen LogP contribution in [0.5, 0.6) is 0 Å². The summed E-state index contributed by atoms with van der Waals surface area (Å²) in [6, 6.07) is 7.92. The zero-order valence-electron chi connectivity index (χ0n) is 7.61. The van der Waals surface area contributed by atoms with Gasteiger partial charge in [-0.3, -0.25) is 4.99 Å². The molecule has 0 radical (unpaired) electrons. The Bertz CT molecular complexity index is 332. The van der Waals surface area contributed by atoms with Gasteiger partial charge in [0.1, 0.15) is 0 Å². The molecular weight excluding hydrogens is 260 g/mol. The van der Waals surface area contributed by atoms with Gasteiger partial charge in [-0.05, 0) is 24.3 Å². The molecule has 0 bridgehead atoms. The van der Waals surface area contributed by atoms with Crippen LogP contribution in [-0.4, -0.2) is 12.6 Å². The molecule has 0 saturated heterocycles. The van der Waals surface area contributed by atoms with Crippen molar-refractivity contribution in [1.82, 2.24) is 0 Å². The molecule has 0 aliphatic heterocycles. The van der Waals surface area contributed by atoms with Gasteiger partial charge in [0.15, 0.2) is 0 Å². The standard InChI is InChI=1S/C10H11BrN2S/c1-13-10(6-14-7-12)8-2-4-9(11)5-3-8/h2-6H,1,7,12H2/b10-6-. The third kappa shape index (κ3) is 3.29. The summed E-state index contributed by atoms with van der Waals surface area (Å²) in [5.74, 6) is 0.551. The van der Waals surface area contributed by atoms with Crippen LogP contribution in [0, 0.1) is 0 Å². The molecule has 1 rings (SSSR count). The number of halogens is 1. The van der Waals surface area contributed by atoms with Crippen LogP contribution in [0.1, 0.15) is 5.56 Å². The van der Waals surface area contributed by atoms with E-state index in [1.54, 1.807) is 0 Å². The van der Waals surface area contributed by atoms with Gasteiger partial charge in [0.05, 0.1) is 5.70 Å². The molecule has 0 amide bonds. The normalized spacial score (nSPS) is 11.4. The highest BCUT2D eigenvalue weighted by Crippen LogP contribution is 2.20. The van der Waals surface area contributed by atoms with E-state index in [1.807, 2.05) is 29.7 Å². The molecule has 0 aliphatic rings. The van der Waals surface area contributed by atoms with Crippen molar-refractivity contribution in [3.05, 3.63) is 39.7 Å². The smallest absolute Gasteiger partial charge is 0.0758 e. The first-order valence-electron chi connectivity index (χ1n) is 4.02. The fourth-order valence-electron chi connectivity index (χ4n) is 0.944. The number of rotatable bonds is 4. The second-order valence-corrected chi connectivity index (χ2v) is 4.32. The maximum atomic E-state index is 5.38. The molecule has 0 aliphatic carbocycles. The minimum absolute atomic E-state index is 0.551. The average molecular weight is 271 g/mol. The fourth-order valence-corrected chi connectivity index (χ4v) is 1.67. The van der Waals surface area contributed by atoms with E-state index in [9.17, 15) is 0 Å². The van der Waals surface area contributed by atoms with Crippen molar-refractivity contribution in [2.75, 3.05) is 5.88 Å². The Morgan fingerprint density at radius 3 is 2.64 bits per heavy atom. The molecule has 0 aromatic heterocycles. The summed E-state index contributed by atoms with van der Waals surface area (Å²) in [7, 11) is 0. The van der Waals surface area contributed by atoms with Crippen LogP contribution in [0.25, 0.3) is 5.70 Å². The van der Waals surface area contributed by atoms with Gasteiger partial charge in [-0.15, -0.1) is 11.8 Å². The van der Waals surface area contributed by atoms with Crippen LogP contribution >= 0.6 is 27.7 Å². The van der Waals surface area contributed by atoms with Gasteiger partial charge in [-0.2, -0.15) is 0 Å². The van der Waals surface area contributed by atoms with Crippen LogP contribution in [0.15, 0.2) is 39.1 Å². The predicted octanol–water partition coefficient (Wildman–Crippen LogP) is 3.10. The first-order chi connectivity index (χ1) is 6.77. The molecular formula is C10H11BrN2S. The Labute approximate surface area is 96.4 Å². The van der Waals surface area contributed by atoms with E-state index in [1.165, 1.54) is 11.8 Å². The summed E-state index contributed by atoms with van der Waals surface area (Å²) in [6.07, 6.45) is 0. The van der Waals surface area contributed by atoms with Crippen molar-refractivity contribution in [1.29, 1.82) is 0 Å². The number of benzene rings is 1. The Hall–Kier alpha value is -0.580. The maximum Gasteiger partial charge on any atom is 0.0758 e. The second kappa shape index (κ2) is 6.01. The molecule has 0 saturated carbocycles. The van der Waals surface area contributed by atoms with Crippen molar-refractivity contribution in [3.63, 3.8) is 0 Å². The second-order valence-electron chi connectivity index (χ2n) is 2.50. The Balaban J connectivity index is 2.89. The monoisotopic (exact) mass is 270 g/mol. The molecule has 0 spiro atoms. The van der Waals surface area contributed by atoms with Gasteiger partial charge in [-0.1, -0.05) is 28.1 Å². The minimum Gasteiger partial charge on any atom is -0.322 e. The van der Waals surface area contributed by atoms with Crippen LogP contribution in [-0.2, 0) is 0 Å². The number of aliphatic imine (C=N–C) groups is 1. The Kier molecular flexibility index (Phi) is 4.93. The number of thioether (sulfide) groups is 1. The van der Waals surface area contributed by atoms with Gasteiger partial charge in [0, 0.05) is 15.9 Å². The van der Waals surface area contributed by atoms with Gasteiger partial charge in [-0.25, -0.2) is 0 Å². The van der Waals surface area contributed by atoms with E-state index in [4.69, 9.17) is 5.73 Å². The summed E-state index contributed by atoms with van der Waals surface area (Å²) in [5.41, 5.74) is 7.28. The number of nitrogens with zero attached hydrogens (tertiary/aromatic N) is 1. The van der Waals surface area contributed by atoms with Gasteiger partial charge >= 0.3 is 0 Å². The van der Waals surface area contributed by atoms with E-state index in [2.05, 4.69) is 27.6 Å². The number of hydrogen-bond acceptors (Lipinski definition) is 3. The molecule has 74 valence electrons. The van der Waals surface area contributed by atoms with Crippen LogP contribution < -0.4 is 5.73 Å². The summed E-state index contributed by atoms with van der Waals surface area (Å²) in [6.45, 7) is 3.53. The van der Waals surface area contributed by atoms with Crippen molar-refractivity contribution < 1.29 is 0 Å². The topological polar surface area (TPSA) is 38.4 Å². The molecule has 0 fully saturated rings. The maximum absolute atomic E-state index is 5.38. The largest absolute Gasteiger partial charge is 0.322 e. The van der Waals surface area contributed by atoms with Crippen LogP contribution in [0.2, 0.25) is 0 Å². The van der Waals surface area contributed by atoms with E-state index in [0.29, 0.717) is 5.88 Å². The van der Waals surface area contributed by atoms with Gasteiger partial charge in [0.2, 0.25) is 0 Å². The molecule has 14 heavy (non-hydrogen) atoms. The van der Waals surface area contributed by atoms with Crippen LogP contribution in [0.4, 0.5) is 0 Å². The SMILES string of the molecule is C=N/C(=C\SCN)c1ccc(Br)cc1. The summed E-state index contributed by atoms with van der Waals surface area (Å²) in [5, 5.41) is 1.91. The van der Waals surface area contributed by atoms with E-state index in [0.717, 1.165) is 15.7 Å². The van der Waals surface area contributed by atoms with Gasteiger partial charge in [0.25, 0.3) is 0 Å².